The van der Waals surface area contributed by atoms with Gasteiger partial charge < -0.3 is 4.74 Å². The molecule has 0 saturated heterocycles. The molecule has 0 N–H and O–H groups in total. The van der Waals surface area contributed by atoms with Gasteiger partial charge in [-0.3, -0.25) is 9.59 Å². The summed E-state index contributed by atoms with van der Waals surface area (Å²) in [6.45, 7) is 2.78. The van der Waals surface area contributed by atoms with Gasteiger partial charge in [-0.25, -0.2) is 0 Å². The predicted octanol–water partition coefficient (Wildman–Crippen LogP) is 2.12. The fraction of sp³-hybridized carbons (Fsp3) is 0.455. The fourth-order valence-corrected chi connectivity index (χ4v) is 0.879. The third kappa shape index (κ3) is 8.27. The molecule has 0 bridgehead atoms. The molecule has 1 aliphatic carbocycles. The van der Waals surface area contributed by atoms with Gasteiger partial charge in [-0.1, -0.05) is 24.3 Å². The summed E-state index contributed by atoms with van der Waals surface area (Å²) >= 11 is 0. The van der Waals surface area contributed by atoms with Crippen LogP contribution in [0.15, 0.2) is 24.3 Å². The number of hydrogen-bond acceptors (Lipinski definition) is 3. The van der Waals surface area contributed by atoms with Gasteiger partial charge in [0.1, 0.15) is 0 Å². The highest BCUT2D eigenvalue weighted by atomic mass is 79.9. The summed E-state index contributed by atoms with van der Waals surface area (Å²) < 4.78 is 4.54. The minimum Gasteiger partial charge on any atom is -0.385 e. The molecule has 15 heavy (non-hydrogen) atoms. The third-order valence-electron chi connectivity index (χ3n) is 1.75. The Kier molecular flexibility index (Phi) is 12.6. The quantitative estimate of drug-likeness (QED) is 0.586. The third-order valence-corrected chi connectivity index (χ3v) is 1.75. The van der Waals surface area contributed by atoms with Crippen LogP contribution in [-0.2, 0) is 14.3 Å². The topological polar surface area (TPSA) is 43.4 Å². The summed E-state index contributed by atoms with van der Waals surface area (Å²) in [5.41, 5.74) is 0. The molecular weight excluding hydrogens is 260 g/mol. The number of halogens is 1. The molecule has 1 rings (SSSR count). The highest BCUT2D eigenvalue weighted by Gasteiger charge is 2.13. The maximum atomic E-state index is 10.7. The summed E-state index contributed by atoms with van der Waals surface area (Å²) in [7, 11) is 1.68. The van der Waals surface area contributed by atoms with Crippen LogP contribution >= 0.6 is 17.0 Å². The first-order chi connectivity index (χ1) is 6.76. The average Bonchev–Trinajstić information content (AvgIpc) is 2.29. The van der Waals surface area contributed by atoms with Crippen molar-refractivity contribution in [1.29, 1.82) is 0 Å². The highest BCUT2D eigenvalue weighted by Crippen LogP contribution is 2.10. The zero-order valence-corrected chi connectivity index (χ0v) is 10.7. The molecular formula is C11H17BrO3. The molecule has 0 spiro atoms. The second-order valence-electron chi connectivity index (χ2n) is 2.75. The Morgan fingerprint density at radius 1 is 1.53 bits per heavy atom. The monoisotopic (exact) mass is 276 g/mol. The molecule has 0 radical (unpaired) electrons. The minimum absolute atomic E-state index is 0. The van der Waals surface area contributed by atoms with Crippen molar-refractivity contribution < 1.29 is 14.3 Å². The number of carbonyl (C=O) groups is 2. The minimum atomic E-state index is -0.333. The summed E-state index contributed by atoms with van der Waals surface area (Å²) in [6.07, 6.45) is 8.33. The maximum absolute atomic E-state index is 10.7. The molecule has 0 aliphatic heterocycles. The lowest BCUT2D eigenvalue weighted by atomic mass is 9.97. The van der Waals surface area contributed by atoms with Crippen molar-refractivity contribution >= 4 is 29.1 Å². The number of hydrogen-bond donors (Lipinski definition) is 0. The Labute approximate surface area is 101 Å². The molecule has 0 aromatic carbocycles. The first-order valence-corrected chi connectivity index (χ1v) is 4.57. The van der Waals surface area contributed by atoms with E-state index in [4.69, 9.17) is 0 Å². The second kappa shape index (κ2) is 11.3. The van der Waals surface area contributed by atoms with Crippen LogP contribution in [0.25, 0.3) is 0 Å². The molecule has 0 aromatic heterocycles. The Morgan fingerprint density at radius 3 is 2.47 bits per heavy atom. The van der Waals surface area contributed by atoms with Crippen LogP contribution in [0, 0.1) is 5.92 Å². The second-order valence-corrected chi connectivity index (χ2v) is 2.75. The van der Waals surface area contributed by atoms with Gasteiger partial charge in [0, 0.05) is 19.6 Å². The van der Waals surface area contributed by atoms with Crippen molar-refractivity contribution in [3.8, 4) is 0 Å². The average molecular weight is 277 g/mol. The van der Waals surface area contributed by atoms with Gasteiger partial charge in [0.05, 0.1) is 0 Å². The lowest BCUT2D eigenvalue weighted by molar-refractivity contribution is -0.131. The van der Waals surface area contributed by atoms with Crippen molar-refractivity contribution in [2.75, 3.05) is 13.7 Å². The molecule has 0 fully saturated rings. The number of ketones is 1. The summed E-state index contributed by atoms with van der Waals surface area (Å²) in [6, 6.07) is 0. The molecule has 1 atom stereocenters. The standard InChI is InChI=1S/C8H8O2.C3H8O.BrH/c9-6-8(10)7-4-2-1-3-5-7;1-3-4-2;/h1-4,6-7H,5H2;3H2,1-2H3;1H. The SMILES string of the molecule is Br.CCOC.O=CC(=O)C1C=CC=CC1. The van der Waals surface area contributed by atoms with Crippen molar-refractivity contribution in [2.45, 2.75) is 13.3 Å². The number of aldehydes is 1. The molecule has 1 unspecified atom stereocenters. The van der Waals surface area contributed by atoms with Crippen LogP contribution in [-0.4, -0.2) is 25.8 Å². The number of Topliss-reactive ketones (excluding diaryl/α,β-unsaturated/α-hetero) is 1. The van der Waals surface area contributed by atoms with Crippen molar-refractivity contribution in [1.82, 2.24) is 0 Å². The van der Waals surface area contributed by atoms with Crippen LogP contribution in [0.3, 0.4) is 0 Å². The van der Waals surface area contributed by atoms with E-state index in [2.05, 4.69) is 4.74 Å². The lowest BCUT2D eigenvalue weighted by Gasteiger charge is -2.05. The lowest BCUT2D eigenvalue weighted by Crippen LogP contribution is -2.13. The summed E-state index contributed by atoms with van der Waals surface area (Å²) in [5, 5.41) is 0. The van der Waals surface area contributed by atoms with E-state index in [0.29, 0.717) is 12.7 Å². The molecule has 4 heteroatoms. The number of carbonyl (C=O) groups excluding carboxylic acids is 2. The van der Waals surface area contributed by atoms with Gasteiger partial charge in [-0.2, -0.15) is 0 Å². The van der Waals surface area contributed by atoms with Gasteiger partial charge >= 0.3 is 0 Å². The zero-order chi connectivity index (χ0) is 10.8. The normalized spacial score (nSPS) is 17.1. The Balaban J connectivity index is 0. The molecule has 0 heterocycles. The van der Waals surface area contributed by atoms with Crippen LogP contribution in [0.4, 0.5) is 0 Å². The Bertz CT molecular complexity index is 232. The largest absolute Gasteiger partial charge is 0.385 e. The van der Waals surface area contributed by atoms with E-state index in [-0.39, 0.29) is 28.7 Å². The highest BCUT2D eigenvalue weighted by molar-refractivity contribution is 8.93. The number of ether oxygens (including phenoxy) is 1. The van der Waals surface area contributed by atoms with E-state index in [1.807, 2.05) is 19.1 Å². The van der Waals surface area contributed by atoms with Crippen LogP contribution < -0.4 is 0 Å². The summed E-state index contributed by atoms with van der Waals surface area (Å²) in [4.78, 5) is 20.7. The zero-order valence-electron chi connectivity index (χ0n) is 9.01. The van der Waals surface area contributed by atoms with Crippen molar-refractivity contribution in [2.24, 2.45) is 5.92 Å². The Morgan fingerprint density at radius 2 is 2.13 bits per heavy atom. The van der Waals surface area contributed by atoms with E-state index in [9.17, 15) is 9.59 Å². The van der Waals surface area contributed by atoms with Crippen LogP contribution in [0.1, 0.15) is 13.3 Å². The molecule has 0 amide bonds. The van der Waals surface area contributed by atoms with Gasteiger partial charge in [0.15, 0.2) is 6.29 Å². The number of allylic oxidation sites excluding steroid dienone is 4. The van der Waals surface area contributed by atoms with Crippen molar-refractivity contribution in [3.63, 3.8) is 0 Å². The van der Waals surface area contributed by atoms with Crippen molar-refractivity contribution in [3.05, 3.63) is 24.3 Å². The first kappa shape index (κ1) is 16.7. The predicted molar refractivity (Wildman–Crippen MR) is 65.3 cm³/mol. The molecule has 0 saturated carbocycles. The smallest absolute Gasteiger partial charge is 0.202 e. The maximum Gasteiger partial charge on any atom is 0.202 e. The van der Waals surface area contributed by atoms with E-state index in [1.54, 1.807) is 19.3 Å². The molecule has 1 aliphatic rings. The fourth-order valence-electron chi connectivity index (χ4n) is 0.879. The van der Waals surface area contributed by atoms with Gasteiger partial charge in [-0.15, -0.1) is 17.0 Å². The Hall–Kier alpha value is -0.740. The number of rotatable bonds is 3. The van der Waals surface area contributed by atoms with Crippen LogP contribution in [0.2, 0.25) is 0 Å². The van der Waals surface area contributed by atoms with E-state index >= 15 is 0 Å². The van der Waals surface area contributed by atoms with E-state index in [1.165, 1.54) is 0 Å². The molecule has 0 aromatic rings. The van der Waals surface area contributed by atoms with Gasteiger partial charge in [0.25, 0.3) is 0 Å². The number of methoxy groups -OCH3 is 1. The van der Waals surface area contributed by atoms with E-state index < -0.39 is 0 Å². The van der Waals surface area contributed by atoms with Gasteiger partial charge in [0.2, 0.25) is 5.78 Å². The molecule has 3 nitrogen and oxygen atoms in total. The summed E-state index contributed by atoms with van der Waals surface area (Å²) in [5.74, 6) is -0.539. The van der Waals surface area contributed by atoms with Gasteiger partial charge in [-0.05, 0) is 13.3 Å². The molecule has 86 valence electrons. The van der Waals surface area contributed by atoms with E-state index in [0.717, 1.165) is 6.61 Å². The first-order valence-electron chi connectivity index (χ1n) is 4.57. The van der Waals surface area contributed by atoms with Crippen LogP contribution in [0.5, 0.6) is 0 Å².